The molecule has 0 aliphatic rings. The minimum absolute atomic E-state index is 0.0383. The van der Waals surface area contributed by atoms with Crippen molar-refractivity contribution >= 4 is 5.91 Å². The quantitative estimate of drug-likeness (QED) is 0.606. The molecule has 0 bridgehead atoms. The van der Waals surface area contributed by atoms with E-state index in [-0.39, 0.29) is 5.91 Å². The zero-order chi connectivity index (χ0) is 19.1. The van der Waals surface area contributed by atoms with Crippen molar-refractivity contribution < 1.29 is 9.53 Å². The van der Waals surface area contributed by atoms with Crippen molar-refractivity contribution in [2.24, 2.45) is 7.05 Å². The molecule has 0 radical (unpaired) electrons. The second kappa shape index (κ2) is 9.03. The highest BCUT2D eigenvalue weighted by molar-refractivity contribution is 5.94. The number of hydrogen-bond donors (Lipinski definition) is 0. The molecule has 1 amide bonds. The van der Waals surface area contributed by atoms with Gasteiger partial charge in [-0.2, -0.15) is 0 Å². The van der Waals surface area contributed by atoms with Gasteiger partial charge in [-0.3, -0.25) is 4.79 Å². The predicted octanol–water partition coefficient (Wildman–Crippen LogP) is 4.05. The van der Waals surface area contributed by atoms with E-state index in [1.54, 1.807) is 6.20 Å². The van der Waals surface area contributed by atoms with Crippen molar-refractivity contribution in [2.75, 3.05) is 6.54 Å². The molecule has 1 aromatic heterocycles. The molecule has 0 unspecified atom stereocenters. The van der Waals surface area contributed by atoms with Crippen LogP contribution in [0.3, 0.4) is 0 Å². The Morgan fingerprint density at radius 1 is 1.11 bits per heavy atom. The maximum Gasteiger partial charge on any atom is 0.254 e. The van der Waals surface area contributed by atoms with E-state index in [4.69, 9.17) is 4.74 Å². The normalized spacial score (nSPS) is 10.6. The molecule has 27 heavy (non-hydrogen) atoms. The number of carbonyl (C=O) groups is 1. The molecule has 0 aliphatic heterocycles. The first-order chi connectivity index (χ1) is 13.2. The van der Waals surface area contributed by atoms with Crippen LogP contribution in [0.4, 0.5) is 0 Å². The number of benzene rings is 2. The van der Waals surface area contributed by atoms with Crippen molar-refractivity contribution in [2.45, 2.75) is 26.5 Å². The van der Waals surface area contributed by atoms with Crippen LogP contribution in [0.2, 0.25) is 0 Å². The van der Waals surface area contributed by atoms with Crippen LogP contribution < -0.4 is 4.74 Å². The molecular weight excluding hydrogens is 338 g/mol. The summed E-state index contributed by atoms with van der Waals surface area (Å²) in [6.45, 7) is 3.82. The summed E-state index contributed by atoms with van der Waals surface area (Å²) in [5.41, 5.74) is 1.80. The fourth-order valence-electron chi connectivity index (χ4n) is 2.89. The molecule has 5 heteroatoms. The van der Waals surface area contributed by atoms with Crippen LogP contribution in [-0.4, -0.2) is 26.9 Å². The molecule has 1 heterocycles. The summed E-state index contributed by atoms with van der Waals surface area (Å²) in [6.07, 6.45) is 4.55. The lowest BCUT2D eigenvalue weighted by atomic mass is 10.1. The second-order valence-electron chi connectivity index (χ2n) is 6.48. The van der Waals surface area contributed by atoms with Gasteiger partial charge in [0.05, 0.1) is 0 Å². The van der Waals surface area contributed by atoms with Gasteiger partial charge >= 0.3 is 0 Å². The van der Waals surface area contributed by atoms with Crippen LogP contribution in [0.25, 0.3) is 0 Å². The van der Waals surface area contributed by atoms with E-state index < -0.39 is 0 Å². The number of aromatic nitrogens is 2. The Morgan fingerprint density at radius 3 is 2.48 bits per heavy atom. The third kappa shape index (κ3) is 4.97. The minimum atomic E-state index is 0.0383. The zero-order valence-electron chi connectivity index (χ0n) is 15.8. The summed E-state index contributed by atoms with van der Waals surface area (Å²) in [4.78, 5) is 19.0. The topological polar surface area (TPSA) is 47.4 Å². The van der Waals surface area contributed by atoms with E-state index in [0.717, 1.165) is 30.1 Å². The van der Waals surface area contributed by atoms with Crippen LogP contribution >= 0.6 is 0 Å². The van der Waals surface area contributed by atoms with Crippen molar-refractivity contribution in [1.82, 2.24) is 14.5 Å². The van der Waals surface area contributed by atoms with E-state index in [1.165, 1.54) is 0 Å². The van der Waals surface area contributed by atoms with Gasteiger partial charge in [-0.15, -0.1) is 0 Å². The third-order valence-electron chi connectivity index (χ3n) is 4.39. The molecule has 5 nitrogen and oxygen atoms in total. The van der Waals surface area contributed by atoms with E-state index in [1.807, 2.05) is 77.3 Å². The molecule has 3 aromatic rings. The van der Waals surface area contributed by atoms with Crippen LogP contribution in [0.5, 0.6) is 5.75 Å². The summed E-state index contributed by atoms with van der Waals surface area (Å²) in [7, 11) is 1.93. The first-order valence-electron chi connectivity index (χ1n) is 9.19. The molecule has 0 saturated carbocycles. The summed E-state index contributed by atoms with van der Waals surface area (Å²) in [5.74, 6) is 1.61. The Hall–Kier alpha value is -3.08. The van der Waals surface area contributed by atoms with Crippen LogP contribution in [0, 0.1) is 0 Å². The molecular formula is C22H25N3O2. The molecule has 0 fully saturated rings. The fourth-order valence-corrected chi connectivity index (χ4v) is 2.89. The molecule has 2 aromatic carbocycles. The van der Waals surface area contributed by atoms with Crippen molar-refractivity contribution in [3.05, 3.63) is 83.9 Å². The van der Waals surface area contributed by atoms with E-state index in [0.29, 0.717) is 18.7 Å². The first kappa shape index (κ1) is 18.7. The molecule has 0 spiro atoms. The molecule has 0 atom stereocenters. The third-order valence-corrected chi connectivity index (χ3v) is 4.39. The van der Waals surface area contributed by atoms with Crippen LogP contribution in [0.15, 0.2) is 67.0 Å². The van der Waals surface area contributed by atoms with Crippen molar-refractivity contribution in [1.29, 1.82) is 0 Å². The average Bonchev–Trinajstić information content (AvgIpc) is 3.11. The summed E-state index contributed by atoms with van der Waals surface area (Å²) in [6, 6.07) is 17.4. The molecule has 0 saturated heterocycles. The van der Waals surface area contributed by atoms with E-state index >= 15 is 0 Å². The lowest BCUT2D eigenvalue weighted by molar-refractivity contribution is 0.0743. The number of hydrogen-bond acceptors (Lipinski definition) is 3. The van der Waals surface area contributed by atoms with Crippen LogP contribution in [-0.2, 0) is 20.2 Å². The van der Waals surface area contributed by atoms with Gasteiger partial charge < -0.3 is 14.2 Å². The number of ether oxygens (including phenoxy) is 1. The molecule has 140 valence electrons. The standard InChI is InChI=1S/C22H25N3O2/c1-3-14-25(16-18-7-5-4-6-8-18)22(26)19-9-11-20(12-10-19)27-17-21-23-13-15-24(21)2/h4-13,15H,3,14,16-17H2,1-2H3. The monoisotopic (exact) mass is 363 g/mol. The number of imidazole rings is 1. The zero-order valence-corrected chi connectivity index (χ0v) is 15.8. The van der Waals surface area contributed by atoms with Gasteiger partial charge in [-0.25, -0.2) is 4.98 Å². The summed E-state index contributed by atoms with van der Waals surface area (Å²) >= 11 is 0. The highest BCUT2D eigenvalue weighted by Crippen LogP contribution is 2.16. The van der Waals surface area contributed by atoms with Gasteiger partial charge in [0.2, 0.25) is 0 Å². The van der Waals surface area contributed by atoms with E-state index in [9.17, 15) is 4.79 Å². The SMILES string of the molecule is CCCN(Cc1ccccc1)C(=O)c1ccc(OCc2nccn2C)cc1. The van der Waals surface area contributed by atoms with Gasteiger partial charge in [0, 0.05) is 38.1 Å². The highest BCUT2D eigenvalue weighted by atomic mass is 16.5. The Kier molecular flexibility index (Phi) is 6.26. The van der Waals surface area contributed by atoms with Gasteiger partial charge in [-0.1, -0.05) is 37.3 Å². The Morgan fingerprint density at radius 2 is 1.85 bits per heavy atom. The molecule has 3 rings (SSSR count). The average molecular weight is 363 g/mol. The number of amides is 1. The predicted molar refractivity (Wildman–Crippen MR) is 105 cm³/mol. The lowest BCUT2D eigenvalue weighted by Gasteiger charge is -2.22. The number of nitrogens with zero attached hydrogens (tertiary/aromatic N) is 3. The minimum Gasteiger partial charge on any atom is -0.486 e. The van der Waals surface area contributed by atoms with Crippen LogP contribution in [0.1, 0.15) is 35.1 Å². The number of aryl methyl sites for hydroxylation is 1. The Labute approximate surface area is 160 Å². The highest BCUT2D eigenvalue weighted by Gasteiger charge is 2.15. The Bertz CT molecular complexity index is 857. The van der Waals surface area contributed by atoms with E-state index in [2.05, 4.69) is 11.9 Å². The van der Waals surface area contributed by atoms with Gasteiger partial charge in [-0.05, 0) is 36.2 Å². The maximum absolute atomic E-state index is 12.9. The van der Waals surface area contributed by atoms with Gasteiger partial charge in [0.25, 0.3) is 5.91 Å². The summed E-state index contributed by atoms with van der Waals surface area (Å²) < 4.78 is 7.68. The molecule has 0 aliphatic carbocycles. The smallest absolute Gasteiger partial charge is 0.254 e. The Balaban J connectivity index is 1.64. The van der Waals surface area contributed by atoms with Crippen molar-refractivity contribution in [3.63, 3.8) is 0 Å². The number of carbonyl (C=O) groups excluding carboxylic acids is 1. The van der Waals surface area contributed by atoms with Gasteiger partial charge in [0.15, 0.2) is 0 Å². The number of rotatable bonds is 8. The summed E-state index contributed by atoms with van der Waals surface area (Å²) in [5, 5.41) is 0. The van der Waals surface area contributed by atoms with Gasteiger partial charge in [0.1, 0.15) is 18.2 Å². The second-order valence-corrected chi connectivity index (χ2v) is 6.48. The first-order valence-corrected chi connectivity index (χ1v) is 9.19. The molecule has 0 N–H and O–H groups in total. The largest absolute Gasteiger partial charge is 0.486 e. The fraction of sp³-hybridized carbons (Fsp3) is 0.273. The lowest BCUT2D eigenvalue weighted by Crippen LogP contribution is -2.31. The van der Waals surface area contributed by atoms with Crippen molar-refractivity contribution in [3.8, 4) is 5.75 Å². The maximum atomic E-state index is 12.9.